The normalized spacial score (nSPS) is 31.5. The van der Waals surface area contributed by atoms with Crippen LogP contribution in [0.25, 0.3) is 0 Å². The van der Waals surface area contributed by atoms with Gasteiger partial charge in [0.2, 0.25) is 0 Å². The Balaban J connectivity index is 0.000000336. The monoisotopic (exact) mass is 170 g/mol. The van der Waals surface area contributed by atoms with E-state index in [1.807, 2.05) is 13.8 Å². The van der Waals surface area contributed by atoms with Crippen LogP contribution in [0, 0.1) is 5.41 Å². The van der Waals surface area contributed by atoms with Gasteiger partial charge in [0, 0.05) is 19.1 Å². The molecule has 2 nitrogen and oxygen atoms in total. The lowest BCUT2D eigenvalue weighted by Crippen LogP contribution is -2.34. The van der Waals surface area contributed by atoms with Crippen LogP contribution in [-0.4, -0.2) is 38.1 Å². The first-order valence-electron chi connectivity index (χ1n) is 5.13. The largest absolute Gasteiger partial charge is 0.315 e. The number of rotatable bonds is 1. The van der Waals surface area contributed by atoms with E-state index >= 15 is 0 Å². The smallest absolute Gasteiger partial charge is 0.0260 e. The zero-order chi connectivity index (χ0) is 9.19. The summed E-state index contributed by atoms with van der Waals surface area (Å²) >= 11 is 0. The minimum absolute atomic E-state index is 0.698. The standard InChI is InChI=1S/C8H16N2.C2H6/c1-9-7-5-10(2)6-8(7)3-4-8;1-2/h7,9H,3-6H2,1-2H3;1-2H3. The minimum Gasteiger partial charge on any atom is -0.315 e. The van der Waals surface area contributed by atoms with Crippen molar-refractivity contribution < 1.29 is 0 Å². The number of hydrogen-bond donors (Lipinski definition) is 1. The molecule has 0 aromatic rings. The fraction of sp³-hybridized carbons (Fsp3) is 1.00. The van der Waals surface area contributed by atoms with Crippen molar-refractivity contribution in [1.29, 1.82) is 0 Å². The van der Waals surface area contributed by atoms with Crippen LogP contribution in [0.4, 0.5) is 0 Å². The van der Waals surface area contributed by atoms with Gasteiger partial charge in [0.05, 0.1) is 0 Å². The second-order valence-electron chi connectivity index (χ2n) is 3.90. The Bertz CT molecular complexity index is 141. The molecule has 1 saturated carbocycles. The van der Waals surface area contributed by atoms with Crippen LogP contribution in [0.3, 0.4) is 0 Å². The number of nitrogens with one attached hydrogen (secondary N) is 1. The molecule has 2 fully saturated rings. The van der Waals surface area contributed by atoms with E-state index in [-0.39, 0.29) is 0 Å². The van der Waals surface area contributed by atoms with Gasteiger partial charge in [0.1, 0.15) is 0 Å². The van der Waals surface area contributed by atoms with Crippen LogP contribution in [0.2, 0.25) is 0 Å². The molecule has 2 aliphatic rings. The number of likely N-dealkylation sites (tertiary alicyclic amines) is 1. The Morgan fingerprint density at radius 2 is 1.92 bits per heavy atom. The molecule has 1 atom stereocenters. The molecular formula is C10H22N2. The third-order valence-electron chi connectivity index (χ3n) is 3.06. The third kappa shape index (κ3) is 1.64. The molecule has 0 radical (unpaired) electrons. The van der Waals surface area contributed by atoms with Crippen molar-refractivity contribution >= 4 is 0 Å². The highest BCUT2D eigenvalue weighted by Gasteiger charge is 2.53. The summed E-state index contributed by atoms with van der Waals surface area (Å²) in [5.41, 5.74) is 0.698. The Morgan fingerprint density at radius 1 is 1.33 bits per heavy atom. The van der Waals surface area contributed by atoms with Crippen molar-refractivity contribution in [1.82, 2.24) is 10.2 Å². The molecule has 2 heteroatoms. The molecule has 1 spiro atoms. The van der Waals surface area contributed by atoms with Gasteiger partial charge in [0.15, 0.2) is 0 Å². The van der Waals surface area contributed by atoms with E-state index in [0.717, 1.165) is 6.04 Å². The van der Waals surface area contributed by atoms with Gasteiger partial charge < -0.3 is 10.2 Å². The highest BCUT2D eigenvalue weighted by atomic mass is 15.2. The Kier molecular flexibility index (Phi) is 3.13. The highest BCUT2D eigenvalue weighted by molar-refractivity contribution is 5.08. The number of hydrogen-bond acceptors (Lipinski definition) is 2. The van der Waals surface area contributed by atoms with Gasteiger partial charge in [-0.15, -0.1) is 0 Å². The molecule has 0 amide bonds. The highest BCUT2D eigenvalue weighted by Crippen LogP contribution is 2.52. The van der Waals surface area contributed by atoms with Crippen molar-refractivity contribution in [3.63, 3.8) is 0 Å². The van der Waals surface area contributed by atoms with E-state index in [1.54, 1.807) is 0 Å². The summed E-state index contributed by atoms with van der Waals surface area (Å²) in [6.45, 7) is 6.56. The Hall–Kier alpha value is -0.0800. The Labute approximate surface area is 76.3 Å². The molecule has 72 valence electrons. The molecule has 2 rings (SSSR count). The van der Waals surface area contributed by atoms with Crippen molar-refractivity contribution in [3.05, 3.63) is 0 Å². The fourth-order valence-electron chi connectivity index (χ4n) is 2.28. The molecule has 0 bridgehead atoms. The number of likely N-dealkylation sites (N-methyl/N-ethyl adjacent to an activating group) is 2. The first kappa shape index (κ1) is 10.0. The first-order valence-corrected chi connectivity index (χ1v) is 5.13. The van der Waals surface area contributed by atoms with Gasteiger partial charge >= 0.3 is 0 Å². The summed E-state index contributed by atoms with van der Waals surface area (Å²) in [6.07, 6.45) is 2.89. The molecule has 0 aromatic heterocycles. The van der Waals surface area contributed by atoms with Gasteiger partial charge in [0.25, 0.3) is 0 Å². The molecule has 1 heterocycles. The first-order chi connectivity index (χ1) is 5.77. The minimum atomic E-state index is 0.698. The van der Waals surface area contributed by atoms with E-state index in [9.17, 15) is 0 Å². The van der Waals surface area contributed by atoms with E-state index in [2.05, 4.69) is 24.3 Å². The lowest BCUT2D eigenvalue weighted by atomic mass is 10.0. The van der Waals surface area contributed by atoms with Gasteiger partial charge in [-0.05, 0) is 32.4 Å². The zero-order valence-corrected chi connectivity index (χ0v) is 8.85. The fourth-order valence-corrected chi connectivity index (χ4v) is 2.28. The summed E-state index contributed by atoms with van der Waals surface area (Å²) in [5, 5.41) is 3.41. The molecule has 1 aliphatic carbocycles. The predicted molar refractivity (Wildman–Crippen MR) is 53.4 cm³/mol. The van der Waals surface area contributed by atoms with E-state index in [0.29, 0.717) is 5.41 Å². The molecular weight excluding hydrogens is 148 g/mol. The maximum absolute atomic E-state index is 3.41. The maximum Gasteiger partial charge on any atom is 0.0260 e. The van der Waals surface area contributed by atoms with Crippen LogP contribution in [-0.2, 0) is 0 Å². The quantitative estimate of drug-likeness (QED) is 0.638. The van der Waals surface area contributed by atoms with Crippen molar-refractivity contribution in [2.75, 3.05) is 27.2 Å². The predicted octanol–water partition coefficient (Wildman–Crippen LogP) is 1.33. The second kappa shape index (κ2) is 3.75. The molecule has 1 N–H and O–H groups in total. The average Bonchev–Trinajstić information content (AvgIpc) is 2.76. The molecule has 1 unspecified atom stereocenters. The van der Waals surface area contributed by atoms with Crippen molar-refractivity contribution in [3.8, 4) is 0 Å². The summed E-state index contributed by atoms with van der Waals surface area (Å²) < 4.78 is 0. The van der Waals surface area contributed by atoms with Gasteiger partial charge in [-0.3, -0.25) is 0 Å². The summed E-state index contributed by atoms with van der Waals surface area (Å²) in [4.78, 5) is 2.44. The zero-order valence-electron chi connectivity index (χ0n) is 8.85. The van der Waals surface area contributed by atoms with Crippen molar-refractivity contribution in [2.24, 2.45) is 5.41 Å². The van der Waals surface area contributed by atoms with Gasteiger partial charge in [-0.2, -0.15) is 0 Å². The van der Waals surface area contributed by atoms with E-state index < -0.39 is 0 Å². The van der Waals surface area contributed by atoms with Crippen LogP contribution >= 0.6 is 0 Å². The Morgan fingerprint density at radius 3 is 2.25 bits per heavy atom. The molecule has 12 heavy (non-hydrogen) atoms. The third-order valence-corrected chi connectivity index (χ3v) is 3.06. The van der Waals surface area contributed by atoms with E-state index in [1.165, 1.54) is 25.9 Å². The molecule has 1 aliphatic heterocycles. The lowest BCUT2D eigenvalue weighted by Gasteiger charge is -2.14. The SMILES string of the molecule is CC.CNC1CN(C)CC12CC2. The van der Waals surface area contributed by atoms with Crippen LogP contribution in [0.1, 0.15) is 26.7 Å². The van der Waals surface area contributed by atoms with E-state index in [4.69, 9.17) is 0 Å². The van der Waals surface area contributed by atoms with Gasteiger partial charge in [-0.1, -0.05) is 13.8 Å². The van der Waals surface area contributed by atoms with Gasteiger partial charge in [-0.25, -0.2) is 0 Å². The number of nitrogens with zero attached hydrogens (tertiary/aromatic N) is 1. The lowest BCUT2D eigenvalue weighted by molar-refractivity contribution is 0.389. The molecule has 1 saturated heterocycles. The average molecular weight is 170 g/mol. The van der Waals surface area contributed by atoms with Crippen LogP contribution < -0.4 is 5.32 Å². The van der Waals surface area contributed by atoms with Crippen molar-refractivity contribution in [2.45, 2.75) is 32.7 Å². The van der Waals surface area contributed by atoms with Crippen LogP contribution in [0.5, 0.6) is 0 Å². The second-order valence-corrected chi connectivity index (χ2v) is 3.90. The summed E-state index contributed by atoms with van der Waals surface area (Å²) in [6, 6.07) is 0.775. The maximum atomic E-state index is 3.41. The van der Waals surface area contributed by atoms with Crippen LogP contribution in [0.15, 0.2) is 0 Å². The summed E-state index contributed by atoms with van der Waals surface area (Å²) in [7, 11) is 4.31. The summed E-state index contributed by atoms with van der Waals surface area (Å²) in [5.74, 6) is 0. The molecule has 0 aromatic carbocycles. The topological polar surface area (TPSA) is 15.3 Å².